The summed E-state index contributed by atoms with van der Waals surface area (Å²) in [5, 5.41) is 37.4. The van der Waals surface area contributed by atoms with E-state index in [1.807, 2.05) is 43.6 Å². The van der Waals surface area contributed by atoms with E-state index in [2.05, 4.69) is 22.1 Å². The number of nitrogens with one attached hydrogen (secondary N) is 1. The molecule has 39 heavy (non-hydrogen) atoms. The first kappa shape index (κ1) is 30.6. The van der Waals surface area contributed by atoms with Gasteiger partial charge >= 0.3 is 0 Å². The summed E-state index contributed by atoms with van der Waals surface area (Å²) in [6, 6.07) is 7.06. The molecule has 2 saturated heterocycles. The number of hydrogen-bond acceptors (Lipinski definition) is 11. The fourth-order valence-corrected chi connectivity index (χ4v) is 7.88. The lowest BCUT2D eigenvalue weighted by Gasteiger charge is -2.44. The summed E-state index contributed by atoms with van der Waals surface area (Å²) in [6.45, 7) is 5.01. The maximum absolute atomic E-state index is 13.6. The topological polar surface area (TPSA) is 141 Å². The molecule has 0 radical (unpaired) electrons. The molecule has 2 aliphatic heterocycles. The summed E-state index contributed by atoms with van der Waals surface area (Å²) in [4.78, 5) is 21.0. The van der Waals surface area contributed by atoms with Crippen LogP contribution in [-0.4, -0.2) is 98.1 Å². The second kappa shape index (κ2) is 13.5. The van der Waals surface area contributed by atoms with Gasteiger partial charge in [0.15, 0.2) is 5.13 Å². The number of likely N-dealkylation sites (tertiary alicyclic amines) is 1. The monoisotopic (exact) mass is 596 g/mol. The van der Waals surface area contributed by atoms with Gasteiger partial charge in [-0.05, 0) is 44.2 Å². The Labute approximate surface area is 242 Å². The third kappa shape index (κ3) is 7.10. The van der Waals surface area contributed by atoms with Crippen molar-refractivity contribution in [3.63, 3.8) is 0 Å². The minimum atomic E-state index is -1.38. The van der Waals surface area contributed by atoms with Crippen LogP contribution in [0.5, 0.6) is 0 Å². The van der Waals surface area contributed by atoms with Gasteiger partial charge in [0.2, 0.25) is 5.91 Å². The van der Waals surface area contributed by atoms with Crippen LogP contribution in [-0.2, 0) is 9.53 Å². The van der Waals surface area contributed by atoms with Gasteiger partial charge in [0.05, 0.1) is 17.8 Å². The van der Waals surface area contributed by atoms with Crippen molar-refractivity contribution in [1.82, 2.24) is 15.2 Å². The number of likely N-dealkylation sites (N-methyl/N-ethyl adjacent to an activating group) is 1. The molecule has 1 aromatic carbocycles. The molecule has 1 unspecified atom stereocenters. The lowest BCUT2D eigenvalue weighted by molar-refractivity contribution is -0.205. The number of anilines is 1. The maximum Gasteiger partial charge on any atom is 0.237 e. The third-order valence-electron chi connectivity index (χ3n) is 7.64. The van der Waals surface area contributed by atoms with E-state index in [1.165, 1.54) is 23.1 Å². The Bertz CT molecular complexity index is 1090. The van der Waals surface area contributed by atoms with Crippen LogP contribution in [0.25, 0.3) is 11.3 Å². The van der Waals surface area contributed by atoms with Gasteiger partial charge in [-0.15, -0.1) is 34.9 Å². The molecule has 6 N–H and O–H groups in total. The first-order valence-electron chi connectivity index (χ1n) is 13.3. The number of amides is 1. The van der Waals surface area contributed by atoms with Gasteiger partial charge in [-0.3, -0.25) is 9.69 Å². The average Bonchev–Trinajstić information content (AvgIpc) is 3.52. The van der Waals surface area contributed by atoms with E-state index in [1.54, 1.807) is 18.0 Å². The minimum Gasteiger partial charge on any atom is -0.388 e. The molecule has 2 aromatic rings. The predicted octanol–water partition coefficient (Wildman–Crippen LogP) is 2.65. The largest absolute Gasteiger partial charge is 0.388 e. The molecule has 1 aromatic heterocycles. The molecule has 9 atom stereocenters. The normalized spacial score (nSPS) is 31.2. The Morgan fingerprint density at radius 1 is 1.26 bits per heavy atom. The molecule has 2 aliphatic rings. The molecule has 0 saturated carbocycles. The Kier molecular flexibility index (Phi) is 10.6. The van der Waals surface area contributed by atoms with Crippen molar-refractivity contribution >= 4 is 45.9 Å². The average molecular weight is 597 g/mol. The summed E-state index contributed by atoms with van der Waals surface area (Å²) in [5.41, 5.74) is 6.84. The number of benzene rings is 1. The van der Waals surface area contributed by atoms with Gasteiger partial charge in [-0.2, -0.15) is 0 Å². The zero-order chi connectivity index (χ0) is 28.3. The second-order valence-corrected chi connectivity index (χ2v) is 13.8. The van der Waals surface area contributed by atoms with Gasteiger partial charge in [-0.25, -0.2) is 4.98 Å². The van der Waals surface area contributed by atoms with Gasteiger partial charge in [0, 0.05) is 27.6 Å². The number of nitrogens with two attached hydrogens (primary N) is 1. The number of rotatable bonds is 10. The number of aliphatic hydroxyl groups excluding tert-OH is 3. The van der Waals surface area contributed by atoms with E-state index in [-0.39, 0.29) is 17.2 Å². The van der Waals surface area contributed by atoms with Crippen molar-refractivity contribution in [2.24, 2.45) is 5.92 Å². The molecule has 4 rings (SSSR count). The zero-order valence-corrected chi connectivity index (χ0v) is 25.2. The van der Waals surface area contributed by atoms with Crippen molar-refractivity contribution in [1.29, 1.82) is 0 Å². The highest BCUT2D eigenvalue weighted by molar-refractivity contribution is 8.00. The number of nitrogens with zero attached hydrogens (tertiary/aromatic N) is 2. The number of hydrogen-bond donors (Lipinski definition) is 5. The van der Waals surface area contributed by atoms with Gasteiger partial charge in [-0.1, -0.05) is 32.4 Å². The standard InChI is InChI=1S/C27H40N4O5S3/c1-5-6-15-11-19(31(3)12-15)25(35)30-20(24-22(33)21(32)23(34)26(36-24)37-4)14(2)39-17-9-7-16(8-10-17)18-13-38-27(28)29-18/h7-10,13-15,19-24,26,32-34H,5-6,11-12H2,1-4H3,(H2,28,29)(H,30,35)/t14-,15-,19+,20?,21+,22-,23-,24-,26-/m1/s1. The molecule has 0 aliphatic carbocycles. The zero-order valence-electron chi connectivity index (χ0n) is 22.8. The van der Waals surface area contributed by atoms with Crippen LogP contribution in [0.15, 0.2) is 34.5 Å². The van der Waals surface area contributed by atoms with Crippen LogP contribution in [0.3, 0.4) is 0 Å². The smallest absolute Gasteiger partial charge is 0.237 e. The van der Waals surface area contributed by atoms with E-state index in [0.717, 1.165) is 42.0 Å². The number of nitrogen functional groups attached to an aromatic ring is 1. The fraction of sp³-hybridized carbons (Fsp3) is 0.630. The van der Waals surface area contributed by atoms with Crippen molar-refractivity contribution in [2.45, 2.75) is 85.2 Å². The summed E-state index contributed by atoms with van der Waals surface area (Å²) < 4.78 is 6.12. The van der Waals surface area contributed by atoms with E-state index in [4.69, 9.17) is 10.5 Å². The number of aromatic nitrogens is 1. The number of ether oxygens (including phenoxy) is 1. The van der Waals surface area contributed by atoms with Crippen LogP contribution in [0.4, 0.5) is 5.13 Å². The lowest BCUT2D eigenvalue weighted by atomic mass is 9.92. The van der Waals surface area contributed by atoms with Crippen LogP contribution < -0.4 is 11.1 Å². The van der Waals surface area contributed by atoms with Crippen LogP contribution in [0.1, 0.15) is 33.1 Å². The predicted molar refractivity (Wildman–Crippen MR) is 159 cm³/mol. The van der Waals surface area contributed by atoms with Crippen LogP contribution in [0.2, 0.25) is 0 Å². The maximum atomic E-state index is 13.6. The summed E-state index contributed by atoms with van der Waals surface area (Å²) in [5.74, 6) is 0.365. The number of thioether (sulfide) groups is 2. The Balaban J connectivity index is 1.54. The molecular weight excluding hydrogens is 557 g/mol. The highest BCUT2D eigenvalue weighted by Crippen LogP contribution is 2.35. The first-order chi connectivity index (χ1) is 18.6. The Morgan fingerprint density at radius 3 is 2.59 bits per heavy atom. The number of carbonyl (C=O) groups is 1. The van der Waals surface area contributed by atoms with Gasteiger partial charge in [0.1, 0.15) is 29.9 Å². The van der Waals surface area contributed by atoms with Crippen LogP contribution in [0, 0.1) is 5.92 Å². The minimum absolute atomic E-state index is 0.109. The summed E-state index contributed by atoms with van der Waals surface area (Å²) >= 11 is 4.21. The Hall–Kier alpha value is -1.38. The quantitative estimate of drug-likeness (QED) is 0.260. The van der Waals surface area contributed by atoms with E-state index >= 15 is 0 Å². The van der Waals surface area contributed by atoms with E-state index in [9.17, 15) is 20.1 Å². The highest BCUT2D eigenvalue weighted by atomic mass is 32.2. The number of carbonyl (C=O) groups excluding carboxylic acids is 1. The van der Waals surface area contributed by atoms with Crippen molar-refractivity contribution in [2.75, 3.05) is 25.6 Å². The van der Waals surface area contributed by atoms with Crippen molar-refractivity contribution in [3.05, 3.63) is 29.6 Å². The first-order valence-corrected chi connectivity index (χ1v) is 16.4. The molecule has 216 valence electrons. The SMILES string of the molecule is CCC[C@@H]1C[C@@H](C(=O)NC([C@H]2O[C@H](SC)[C@H](O)[C@@H](O)[C@H]2O)[C@@H](C)Sc2ccc(-c3csc(N)n3)cc2)N(C)C1. The van der Waals surface area contributed by atoms with Crippen molar-refractivity contribution < 1.29 is 24.9 Å². The molecule has 3 heterocycles. The van der Waals surface area contributed by atoms with E-state index in [0.29, 0.717) is 11.0 Å². The van der Waals surface area contributed by atoms with Crippen molar-refractivity contribution in [3.8, 4) is 11.3 Å². The molecule has 0 spiro atoms. The number of aliphatic hydroxyl groups is 3. The molecule has 1 amide bonds. The highest BCUT2D eigenvalue weighted by Gasteiger charge is 2.48. The van der Waals surface area contributed by atoms with Gasteiger partial charge in [0.25, 0.3) is 0 Å². The molecule has 9 nitrogen and oxygen atoms in total. The fourth-order valence-electron chi connectivity index (χ4n) is 5.53. The molecular formula is C27H40N4O5S3. The summed E-state index contributed by atoms with van der Waals surface area (Å²) in [6.07, 6.45) is -0.144. The Morgan fingerprint density at radius 2 is 1.97 bits per heavy atom. The van der Waals surface area contributed by atoms with E-state index < -0.39 is 35.9 Å². The molecule has 2 fully saturated rings. The molecule has 0 bridgehead atoms. The number of thiazole rings is 1. The summed E-state index contributed by atoms with van der Waals surface area (Å²) in [7, 11) is 1.97. The lowest BCUT2D eigenvalue weighted by Crippen LogP contribution is -2.65. The van der Waals surface area contributed by atoms with Gasteiger partial charge < -0.3 is 31.1 Å². The molecule has 12 heteroatoms. The van der Waals surface area contributed by atoms with Crippen LogP contribution >= 0.6 is 34.9 Å². The third-order valence-corrected chi connectivity index (χ3v) is 10.4. The second-order valence-electron chi connectivity index (χ2n) is 10.5.